The number of benzene rings is 1. The molecule has 1 heterocycles. The van der Waals surface area contributed by atoms with Gasteiger partial charge in [-0.1, -0.05) is 17.7 Å². The van der Waals surface area contributed by atoms with Crippen molar-refractivity contribution in [2.75, 3.05) is 13.7 Å². The molecule has 2 rings (SSSR count). The second-order valence-corrected chi connectivity index (χ2v) is 4.60. The monoisotopic (exact) mass is 332 g/mol. The van der Waals surface area contributed by atoms with Gasteiger partial charge in [0, 0.05) is 5.02 Å². The fraction of sp³-hybridized carbons (Fsp3) is 0.385. The topological polar surface area (TPSA) is 72.2 Å². The molecule has 0 atom stereocenters. The first-order chi connectivity index (χ1) is 9.72. The standard InChI is InChI=1S/C13H17ClN4O2.ClH/c1-15-8-13-16-12(17-18(13)5-6-19)9-20-11-4-2-3-10(14)7-11;/h2-4,7,15,19H,5-6,8-9H2,1H3;1H. The van der Waals surface area contributed by atoms with E-state index in [1.807, 2.05) is 19.2 Å². The number of aromatic nitrogens is 3. The lowest BCUT2D eigenvalue weighted by molar-refractivity contribution is 0.263. The highest BCUT2D eigenvalue weighted by atomic mass is 35.5. The Hall–Kier alpha value is -1.34. The maximum Gasteiger partial charge on any atom is 0.188 e. The van der Waals surface area contributed by atoms with E-state index in [2.05, 4.69) is 15.4 Å². The van der Waals surface area contributed by atoms with Gasteiger partial charge in [-0.3, -0.25) is 0 Å². The zero-order chi connectivity index (χ0) is 14.4. The smallest absolute Gasteiger partial charge is 0.188 e. The van der Waals surface area contributed by atoms with Crippen molar-refractivity contribution in [3.8, 4) is 5.75 Å². The van der Waals surface area contributed by atoms with Crippen molar-refractivity contribution in [1.29, 1.82) is 0 Å². The van der Waals surface area contributed by atoms with Gasteiger partial charge in [-0.2, -0.15) is 5.10 Å². The Labute approximate surface area is 134 Å². The van der Waals surface area contributed by atoms with Gasteiger partial charge in [-0.15, -0.1) is 12.4 Å². The van der Waals surface area contributed by atoms with Gasteiger partial charge in [-0.05, 0) is 25.2 Å². The summed E-state index contributed by atoms with van der Waals surface area (Å²) in [4.78, 5) is 4.38. The van der Waals surface area contributed by atoms with E-state index in [1.165, 1.54) is 0 Å². The normalized spacial score (nSPS) is 10.2. The van der Waals surface area contributed by atoms with Crippen LogP contribution in [0, 0.1) is 0 Å². The Morgan fingerprint density at radius 3 is 2.90 bits per heavy atom. The summed E-state index contributed by atoms with van der Waals surface area (Å²) in [6.07, 6.45) is 0. The predicted octanol–water partition coefficient (Wildman–Crippen LogP) is 1.64. The van der Waals surface area contributed by atoms with Crippen LogP contribution in [-0.4, -0.2) is 33.5 Å². The minimum absolute atomic E-state index is 0. The summed E-state index contributed by atoms with van der Waals surface area (Å²) in [7, 11) is 1.83. The van der Waals surface area contributed by atoms with E-state index in [4.69, 9.17) is 21.4 Å². The van der Waals surface area contributed by atoms with Crippen molar-refractivity contribution in [2.45, 2.75) is 19.7 Å². The van der Waals surface area contributed by atoms with Crippen LogP contribution in [0.2, 0.25) is 5.02 Å². The highest BCUT2D eigenvalue weighted by Crippen LogP contribution is 2.17. The third-order valence-electron chi connectivity index (χ3n) is 2.60. The van der Waals surface area contributed by atoms with Gasteiger partial charge in [0.05, 0.1) is 19.7 Å². The zero-order valence-electron chi connectivity index (χ0n) is 11.6. The molecule has 0 aliphatic rings. The molecular formula is C13H18Cl2N4O2. The number of aliphatic hydroxyl groups excluding tert-OH is 1. The summed E-state index contributed by atoms with van der Waals surface area (Å²) >= 11 is 5.89. The van der Waals surface area contributed by atoms with Crippen LogP contribution in [-0.2, 0) is 19.7 Å². The first-order valence-corrected chi connectivity index (χ1v) is 6.67. The molecule has 0 spiro atoms. The fourth-order valence-electron chi connectivity index (χ4n) is 1.75. The molecule has 21 heavy (non-hydrogen) atoms. The van der Waals surface area contributed by atoms with Crippen LogP contribution in [0.5, 0.6) is 5.75 Å². The van der Waals surface area contributed by atoms with E-state index >= 15 is 0 Å². The van der Waals surface area contributed by atoms with E-state index in [0.717, 1.165) is 5.82 Å². The molecule has 0 bridgehead atoms. The SMILES string of the molecule is CNCc1nc(COc2cccc(Cl)c2)nn1CCO.Cl. The van der Waals surface area contributed by atoms with Crippen molar-refractivity contribution in [1.82, 2.24) is 20.1 Å². The second kappa shape index (κ2) is 8.84. The van der Waals surface area contributed by atoms with Crippen molar-refractivity contribution < 1.29 is 9.84 Å². The molecule has 0 unspecified atom stereocenters. The number of rotatable bonds is 7. The number of ether oxygens (including phenoxy) is 1. The molecule has 0 radical (unpaired) electrons. The number of halogens is 2. The van der Waals surface area contributed by atoms with Crippen molar-refractivity contribution >= 4 is 24.0 Å². The Kier molecular flexibility index (Phi) is 7.45. The fourth-order valence-corrected chi connectivity index (χ4v) is 1.93. The van der Waals surface area contributed by atoms with Crippen molar-refractivity contribution in [3.63, 3.8) is 0 Å². The number of nitrogens with zero attached hydrogens (tertiary/aromatic N) is 3. The molecule has 0 saturated heterocycles. The minimum atomic E-state index is 0. The summed E-state index contributed by atoms with van der Waals surface area (Å²) in [6.45, 7) is 1.29. The molecule has 0 amide bonds. The van der Waals surface area contributed by atoms with Gasteiger partial charge >= 0.3 is 0 Å². The van der Waals surface area contributed by atoms with Crippen LogP contribution in [0.1, 0.15) is 11.6 Å². The largest absolute Gasteiger partial charge is 0.485 e. The number of nitrogens with one attached hydrogen (secondary N) is 1. The minimum Gasteiger partial charge on any atom is -0.485 e. The van der Waals surface area contributed by atoms with Crippen molar-refractivity contribution in [2.24, 2.45) is 0 Å². The van der Waals surface area contributed by atoms with Gasteiger partial charge in [-0.25, -0.2) is 9.67 Å². The van der Waals surface area contributed by atoms with Crippen LogP contribution in [0.3, 0.4) is 0 Å². The lowest BCUT2D eigenvalue weighted by Gasteiger charge is -2.03. The lowest BCUT2D eigenvalue weighted by atomic mass is 10.3. The molecule has 116 valence electrons. The summed E-state index contributed by atoms with van der Waals surface area (Å²) in [5.41, 5.74) is 0. The highest BCUT2D eigenvalue weighted by Gasteiger charge is 2.09. The Morgan fingerprint density at radius 2 is 2.24 bits per heavy atom. The molecule has 0 aliphatic heterocycles. The number of aliphatic hydroxyl groups is 1. The predicted molar refractivity (Wildman–Crippen MR) is 82.9 cm³/mol. The summed E-state index contributed by atoms with van der Waals surface area (Å²) in [6, 6.07) is 7.17. The van der Waals surface area contributed by atoms with Gasteiger partial charge in [0.15, 0.2) is 5.82 Å². The molecule has 2 N–H and O–H groups in total. The Bertz CT molecular complexity index is 539. The van der Waals surface area contributed by atoms with Crippen LogP contribution in [0.25, 0.3) is 0 Å². The molecule has 1 aromatic carbocycles. The summed E-state index contributed by atoms with van der Waals surface area (Å²) in [5.74, 6) is 2.01. The molecular weight excluding hydrogens is 315 g/mol. The van der Waals surface area contributed by atoms with Crippen LogP contribution < -0.4 is 10.1 Å². The molecule has 1 aromatic heterocycles. The molecule has 8 heteroatoms. The first-order valence-electron chi connectivity index (χ1n) is 6.29. The van der Waals surface area contributed by atoms with Crippen LogP contribution in [0.4, 0.5) is 0 Å². The lowest BCUT2D eigenvalue weighted by Crippen LogP contribution is -2.14. The average molecular weight is 333 g/mol. The molecule has 2 aromatic rings. The third kappa shape index (κ3) is 5.17. The van der Waals surface area contributed by atoms with Crippen LogP contribution >= 0.6 is 24.0 Å². The van der Waals surface area contributed by atoms with E-state index in [-0.39, 0.29) is 25.6 Å². The molecule has 0 aliphatic carbocycles. The van der Waals surface area contributed by atoms with E-state index < -0.39 is 0 Å². The Morgan fingerprint density at radius 1 is 1.43 bits per heavy atom. The van der Waals surface area contributed by atoms with E-state index in [0.29, 0.717) is 29.7 Å². The first kappa shape index (κ1) is 17.7. The average Bonchev–Trinajstić information content (AvgIpc) is 2.80. The summed E-state index contributed by atoms with van der Waals surface area (Å²) < 4.78 is 7.27. The molecule has 0 saturated carbocycles. The summed E-state index contributed by atoms with van der Waals surface area (Å²) in [5, 5.41) is 16.9. The zero-order valence-corrected chi connectivity index (χ0v) is 13.2. The number of hydrogen-bond donors (Lipinski definition) is 2. The van der Waals surface area contributed by atoms with Gasteiger partial charge < -0.3 is 15.2 Å². The van der Waals surface area contributed by atoms with Crippen molar-refractivity contribution in [3.05, 3.63) is 40.9 Å². The molecule has 0 fully saturated rings. The number of hydrogen-bond acceptors (Lipinski definition) is 5. The van der Waals surface area contributed by atoms with Gasteiger partial charge in [0.2, 0.25) is 0 Å². The second-order valence-electron chi connectivity index (χ2n) is 4.17. The van der Waals surface area contributed by atoms with E-state index in [1.54, 1.807) is 16.8 Å². The maximum atomic E-state index is 9.01. The van der Waals surface area contributed by atoms with Gasteiger partial charge in [0.25, 0.3) is 0 Å². The molecule has 6 nitrogen and oxygen atoms in total. The third-order valence-corrected chi connectivity index (χ3v) is 2.84. The van der Waals surface area contributed by atoms with Gasteiger partial charge in [0.1, 0.15) is 18.2 Å². The maximum absolute atomic E-state index is 9.01. The van der Waals surface area contributed by atoms with E-state index in [9.17, 15) is 0 Å². The highest BCUT2D eigenvalue weighted by molar-refractivity contribution is 6.30. The Balaban J connectivity index is 0.00000220. The quantitative estimate of drug-likeness (QED) is 0.806. The van der Waals surface area contributed by atoms with Crippen LogP contribution in [0.15, 0.2) is 24.3 Å².